The third-order valence-electron chi connectivity index (χ3n) is 3.42. The Bertz CT molecular complexity index is 442. The van der Waals surface area contributed by atoms with Gasteiger partial charge in [0.25, 0.3) is 0 Å². The average molecular weight is 293 g/mol. The first-order chi connectivity index (χ1) is 10.1. The molecule has 1 aromatic rings. The second-order valence-electron chi connectivity index (χ2n) is 5.29. The Hall–Kier alpha value is -1.66. The van der Waals surface area contributed by atoms with Gasteiger partial charge in [-0.3, -0.25) is 4.79 Å². The predicted molar refractivity (Wildman–Crippen MR) is 80.0 cm³/mol. The number of nitrogens with one attached hydrogen (secondary N) is 1. The number of carbonyl (C=O) groups is 1. The molecule has 1 amide bonds. The van der Waals surface area contributed by atoms with E-state index in [1.807, 2.05) is 12.1 Å². The van der Waals surface area contributed by atoms with E-state index in [1.165, 1.54) is 0 Å². The minimum atomic E-state index is -0.440. The van der Waals surface area contributed by atoms with Crippen LogP contribution in [0.1, 0.15) is 25.3 Å². The third kappa shape index (κ3) is 5.32. The molecule has 2 N–H and O–H groups in total. The van der Waals surface area contributed by atoms with Crippen LogP contribution in [0.4, 0.5) is 5.82 Å². The number of morpholine rings is 1. The van der Waals surface area contributed by atoms with Crippen LogP contribution in [-0.4, -0.2) is 48.4 Å². The summed E-state index contributed by atoms with van der Waals surface area (Å²) in [6.07, 6.45) is 2.18. The van der Waals surface area contributed by atoms with Crippen LogP contribution >= 0.6 is 0 Å². The lowest BCUT2D eigenvalue weighted by molar-refractivity contribution is -0.121. The lowest BCUT2D eigenvalue weighted by atomic mass is 10.2. The number of amides is 1. The van der Waals surface area contributed by atoms with Gasteiger partial charge in [-0.2, -0.15) is 0 Å². The number of pyridine rings is 1. The van der Waals surface area contributed by atoms with Crippen molar-refractivity contribution in [3.63, 3.8) is 0 Å². The van der Waals surface area contributed by atoms with Crippen molar-refractivity contribution in [2.24, 2.45) is 0 Å². The molecule has 0 saturated carbocycles. The van der Waals surface area contributed by atoms with Crippen LogP contribution < -0.4 is 10.2 Å². The molecular formula is C15H23N3O3. The zero-order chi connectivity index (χ0) is 15.1. The van der Waals surface area contributed by atoms with Crippen molar-refractivity contribution in [1.82, 2.24) is 10.3 Å². The van der Waals surface area contributed by atoms with Crippen molar-refractivity contribution in [3.05, 3.63) is 23.9 Å². The van der Waals surface area contributed by atoms with Gasteiger partial charge >= 0.3 is 0 Å². The number of hydrogen-bond donors (Lipinski definition) is 2. The summed E-state index contributed by atoms with van der Waals surface area (Å²) in [4.78, 5) is 18.2. The molecule has 0 radical (unpaired) electrons. The number of carbonyl (C=O) groups excluding carboxylic acids is 1. The van der Waals surface area contributed by atoms with Crippen molar-refractivity contribution >= 4 is 11.7 Å². The minimum absolute atomic E-state index is 0.0480. The maximum absolute atomic E-state index is 11.6. The van der Waals surface area contributed by atoms with Crippen LogP contribution in [0.25, 0.3) is 0 Å². The fourth-order valence-electron chi connectivity index (χ4n) is 2.13. The van der Waals surface area contributed by atoms with Crippen LogP contribution in [0.5, 0.6) is 0 Å². The number of aromatic nitrogens is 1. The molecule has 6 heteroatoms. The van der Waals surface area contributed by atoms with E-state index in [-0.39, 0.29) is 5.91 Å². The number of aliphatic hydroxyl groups is 1. The SMILES string of the molecule is CC(O)CCC(=O)NCc1ccc(N2CCOCC2)nc1. The van der Waals surface area contributed by atoms with Crippen molar-refractivity contribution in [2.75, 3.05) is 31.2 Å². The number of ether oxygens (including phenoxy) is 1. The van der Waals surface area contributed by atoms with E-state index in [0.29, 0.717) is 19.4 Å². The summed E-state index contributed by atoms with van der Waals surface area (Å²) >= 11 is 0. The van der Waals surface area contributed by atoms with Gasteiger partial charge in [-0.15, -0.1) is 0 Å². The van der Waals surface area contributed by atoms with Crippen molar-refractivity contribution in [2.45, 2.75) is 32.4 Å². The van der Waals surface area contributed by atoms with E-state index < -0.39 is 6.10 Å². The van der Waals surface area contributed by atoms with Gasteiger partial charge in [0.2, 0.25) is 5.91 Å². The zero-order valence-corrected chi connectivity index (χ0v) is 12.4. The van der Waals surface area contributed by atoms with Gasteiger partial charge in [-0.05, 0) is 25.0 Å². The number of nitrogens with zero attached hydrogens (tertiary/aromatic N) is 2. The second kappa shape index (κ2) is 7.95. The zero-order valence-electron chi connectivity index (χ0n) is 12.4. The monoisotopic (exact) mass is 293 g/mol. The highest BCUT2D eigenvalue weighted by atomic mass is 16.5. The average Bonchev–Trinajstić information content (AvgIpc) is 2.52. The second-order valence-corrected chi connectivity index (χ2v) is 5.29. The molecule has 0 spiro atoms. The van der Waals surface area contributed by atoms with E-state index in [2.05, 4.69) is 15.2 Å². The largest absolute Gasteiger partial charge is 0.393 e. The number of rotatable bonds is 6. The summed E-state index contributed by atoms with van der Waals surface area (Å²) in [6, 6.07) is 3.95. The van der Waals surface area contributed by atoms with Gasteiger partial charge in [-0.25, -0.2) is 4.98 Å². The number of anilines is 1. The molecule has 1 aliphatic rings. The molecule has 0 bridgehead atoms. The summed E-state index contributed by atoms with van der Waals surface area (Å²) in [6.45, 7) is 5.35. The molecule has 116 valence electrons. The Balaban J connectivity index is 1.78. The summed E-state index contributed by atoms with van der Waals surface area (Å²) < 4.78 is 5.31. The predicted octanol–water partition coefficient (Wildman–Crippen LogP) is 0.695. The molecule has 1 saturated heterocycles. The van der Waals surface area contributed by atoms with E-state index in [0.717, 1.165) is 37.7 Å². The summed E-state index contributed by atoms with van der Waals surface area (Å²) in [7, 11) is 0. The molecule has 1 unspecified atom stereocenters. The van der Waals surface area contributed by atoms with Gasteiger partial charge in [0, 0.05) is 32.3 Å². The lowest BCUT2D eigenvalue weighted by Gasteiger charge is -2.27. The maximum atomic E-state index is 11.6. The normalized spacial score (nSPS) is 16.6. The maximum Gasteiger partial charge on any atom is 0.220 e. The molecule has 1 aliphatic heterocycles. The highest BCUT2D eigenvalue weighted by Gasteiger charge is 2.12. The summed E-state index contributed by atoms with van der Waals surface area (Å²) in [5, 5.41) is 12.0. The first-order valence-electron chi connectivity index (χ1n) is 7.37. The number of aliphatic hydroxyl groups excluding tert-OH is 1. The molecule has 1 fully saturated rings. The van der Waals surface area contributed by atoms with E-state index in [1.54, 1.807) is 13.1 Å². The summed E-state index contributed by atoms with van der Waals surface area (Å²) in [5.41, 5.74) is 0.970. The smallest absolute Gasteiger partial charge is 0.220 e. The fourth-order valence-corrected chi connectivity index (χ4v) is 2.13. The first-order valence-corrected chi connectivity index (χ1v) is 7.37. The minimum Gasteiger partial charge on any atom is -0.393 e. The van der Waals surface area contributed by atoms with Crippen LogP contribution in [0.3, 0.4) is 0 Å². The topological polar surface area (TPSA) is 74.7 Å². The van der Waals surface area contributed by atoms with Gasteiger partial charge in [0.1, 0.15) is 5.82 Å². The van der Waals surface area contributed by atoms with Crippen LogP contribution in [0.2, 0.25) is 0 Å². The van der Waals surface area contributed by atoms with Crippen molar-refractivity contribution < 1.29 is 14.6 Å². The standard InChI is InChI=1S/C15H23N3O3/c1-12(19)2-5-15(20)17-11-13-3-4-14(16-10-13)18-6-8-21-9-7-18/h3-4,10,12,19H,2,5-9,11H2,1H3,(H,17,20). The Morgan fingerprint density at radius 3 is 2.86 bits per heavy atom. The molecule has 2 heterocycles. The quantitative estimate of drug-likeness (QED) is 0.807. The van der Waals surface area contributed by atoms with Crippen LogP contribution in [-0.2, 0) is 16.1 Å². The molecular weight excluding hydrogens is 270 g/mol. The highest BCUT2D eigenvalue weighted by molar-refractivity contribution is 5.75. The Labute approximate surface area is 125 Å². The van der Waals surface area contributed by atoms with Gasteiger partial charge < -0.3 is 20.1 Å². The van der Waals surface area contributed by atoms with Crippen molar-refractivity contribution in [1.29, 1.82) is 0 Å². The molecule has 1 atom stereocenters. The molecule has 0 aromatic carbocycles. The fraction of sp³-hybridized carbons (Fsp3) is 0.600. The number of hydrogen-bond acceptors (Lipinski definition) is 5. The molecule has 21 heavy (non-hydrogen) atoms. The molecule has 0 aliphatic carbocycles. The Kier molecular flexibility index (Phi) is 5.95. The van der Waals surface area contributed by atoms with Gasteiger partial charge in [-0.1, -0.05) is 6.07 Å². The van der Waals surface area contributed by atoms with Crippen LogP contribution in [0, 0.1) is 0 Å². The van der Waals surface area contributed by atoms with Gasteiger partial charge in [0.15, 0.2) is 0 Å². The molecule has 1 aromatic heterocycles. The third-order valence-corrected chi connectivity index (χ3v) is 3.42. The summed E-state index contributed by atoms with van der Waals surface area (Å²) in [5.74, 6) is 0.899. The lowest BCUT2D eigenvalue weighted by Crippen LogP contribution is -2.36. The van der Waals surface area contributed by atoms with Gasteiger partial charge in [0.05, 0.1) is 19.3 Å². The molecule has 6 nitrogen and oxygen atoms in total. The van der Waals surface area contributed by atoms with Crippen molar-refractivity contribution in [3.8, 4) is 0 Å². The van der Waals surface area contributed by atoms with E-state index in [4.69, 9.17) is 9.84 Å². The Morgan fingerprint density at radius 2 is 2.24 bits per heavy atom. The Morgan fingerprint density at radius 1 is 1.48 bits per heavy atom. The highest BCUT2D eigenvalue weighted by Crippen LogP contribution is 2.13. The molecule has 2 rings (SSSR count). The van der Waals surface area contributed by atoms with E-state index in [9.17, 15) is 4.79 Å². The first kappa shape index (κ1) is 15.7. The van der Waals surface area contributed by atoms with E-state index >= 15 is 0 Å². The van der Waals surface area contributed by atoms with Crippen LogP contribution in [0.15, 0.2) is 18.3 Å².